The minimum Gasteiger partial charge on any atom is -0.480 e. The van der Waals surface area contributed by atoms with Gasteiger partial charge in [-0.2, -0.15) is 0 Å². The molecule has 1 aliphatic heterocycles. The molecule has 1 saturated heterocycles. The van der Waals surface area contributed by atoms with Crippen molar-refractivity contribution in [3.63, 3.8) is 0 Å². The standard InChI is InChI=1S/C19H22N2O5/c1-19(2,3)26-18(24)21-11-13(10-15(21)17(22)23)25-16-14-7-5-4-6-12(14)8-9-20-16/h4-9,13,15H,10-11H2,1-3H3,(H,22,23)/t13-,15+/m1/s1. The predicted octanol–water partition coefficient (Wildman–Crippen LogP) is 3.08. The molecule has 0 aliphatic carbocycles. The topological polar surface area (TPSA) is 89.0 Å². The van der Waals surface area contributed by atoms with Crippen LogP contribution in [0, 0.1) is 0 Å². The van der Waals surface area contributed by atoms with E-state index in [1.807, 2.05) is 30.3 Å². The van der Waals surface area contributed by atoms with Gasteiger partial charge in [-0.05, 0) is 38.3 Å². The van der Waals surface area contributed by atoms with E-state index in [4.69, 9.17) is 9.47 Å². The van der Waals surface area contributed by atoms with Crippen LogP contribution in [0.15, 0.2) is 36.5 Å². The number of carboxylic acids is 1. The normalized spacial score (nSPS) is 20.2. The molecule has 1 fully saturated rings. The number of hydrogen-bond donors (Lipinski definition) is 1. The number of amides is 1. The van der Waals surface area contributed by atoms with Crippen molar-refractivity contribution in [2.75, 3.05) is 6.54 Å². The number of aromatic nitrogens is 1. The van der Waals surface area contributed by atoms with E-state index in [0.717, 1.165) is 10.8 Å². The molecule has 1 aromatic carbocycles. The number of aliphatic carboxylic acids is 1. The number of benzene rings is 1. The number of carboxylic acid groups (broad SMARTS) is 1. The highest BCUT2D eigenvalue weighted by molar-refractivity contribution is 5.86. The summed E-state index contributed by atoms with van der Waals surface area (Å²) in [6, 6.07) is 8.55. The summed E-state index contributed by atoms with van der Waals surface area (Å²) in [5.41, 5.74) is -0.698. The van der Waals surface area contributed by atoms with Gasteiger partial charge in [0.15, 0.2) is 0 Å². The van der Waals surface area contributed by atoms with E-state index in [-0.39, 0.29) is 13.0 Å². The van der Waals surface area contributed by atoms with Crippen molar-refractivity contribution >= 4 is 22.8 Å². The van der Waals surface area contributed by atoms with Crippen molar-refractivity contribution in [1.29, 1.82) is 0 Å². The lowest BCUT2D eigenvalue weighted by atomic mass is 10.1. The molecule has 2 aromatic rings. The van der Waals surface area contributed by atoms with Gasteiger partial charge in [0.2, 0.25) is 5.88 Å². The molecule has 0 spiro atoms. The summed E-state index contributed by atoms with van der Waals surface area (Å²) < 4.78 is 11.3. The fourth-order valence-electron chi connectivity index (χ4n) is 2.98. The number of fused-ring (bicyclic) bond motifs is 1. The average Bonchev–Trinajstić information content (AvgIpc) is 2.98. The van der Waals surface area contributed by atoms with Crippen LogP contribution in [0.5, 0.6) is 5.88 Å². The zero-order valence-electron chi connectivity index (χ0n) is 15.0. The van der Waals surface area contributed by atoms with Crippen molar-refractivity contribution in [1.82, 2.24) is 9.88 Å². The van der Waals surface area contributed by atoms with Gasteiger partial charge in [0, 0.05) is 18.0 Å². The van der Waals surface area contributed by atoms with Crippen LogP contribution in [0.2, 0.25) is 0 Å². The smallest absolute Gasteiger partial charge is 0.411 e. The van der Waals surface area contributed by atoms with Crippen LogP contribution in [0.3, 0.4) is 0 Å². The molecule has 2 atom stereocenters. The van der Waals surface area contributed by atoms with Crippen molar-refractivity contribution < 1.29 is 24.2 Å². The van der Waals surface area contributed by atoms with Crippen LogP contribution in [-0.4, -0.2) is 51.3 Å². The molecular formula is C19H22N2O5. The molecule has 0 radical (unpaired) electrons. The van der Waals surface area contributed by atoms with E-state index >= 15 is 0 Å². The summed E-state index contributed by atoms with van der Waals surface area (Å²) in [5.74, 6) is -0.642. The van der Waals surface area contributed by atoms with Crippen LogP contribution < -0.4 is 4.74 Å². The monoisotopic (exact) mass is 358 g/mol. The van der Waals surface area contributed by atoms with Crippen LogP contribution in [0.4, 0.5) is 4.79 Å². The minimum absolute atomic E-state index is 0.136. The van der Waals surface area contributed by atoms with Gasteiger partial charge in [-0.1, -0.05) is 18.2 Å². The molecule has 26 heavy (non-hydrogen) atoms. The maximum Gasteiger partial charge on any atom is 0.411 e. The Morgan fingerprint density at radius 1 is 1.23 bits per heavy atom. The third kappa shape index (κ3) is 3.87. The molecule has 3 rings (SSSR count). The first-order chi connectivity index (χ1) is 12.2. The Bertz CT molecular complexity index is 825. The average molecular weight is 358 g/mol. The first kappa shape index (κ1) is 18.0. The Morgan fingerprint density at radius 2 is 1.96 bits per heavy atom. The molecule has 7 heteroatoms. The fourth-order valence-corrected chi connectivity index (χ4v) is 2.98. The van der Waals surface area contributed by atoms with E-state index < -0.39 is 29.8 Å². The zero-order chi connectivity index (χ0) is 18.9. The van der Waals surface area contributed by atoms with Gasteiger partial charge < -0.3 is 14.6 Å². The van der Waals surface area contributed by atoms with Gasteiger partial charge in [0.05, 0.1) is 6.54 Å². The molecule has 0 unspecified atom stereocenters. The van der Waals surface area contributed by atoms with E-state index in [2.05, 4.69) is 4.98 Å². The number of hydrogen-bond acceptors (Lipinski definition) is 5. The first-order valence-corrected chi connectivity index (χ1v) is 8.47. The summed E-state index contributed by atoms with van der Waals surface area (Å²) in [4.78, 5) is 29.4. The predicted molar refractivity (Wildman–Crippen MR) is 95.1 cm³/mol. The van der Waals surface area contributed by atoms with Crippen molar-refractivity contribution in [2.24, 2.45) is 0 Å². The van der Waals surface area contributed by atoms with E-state index in [0.29, 0.717) is 5.88 Å². The van der Waals surface area contributed by atoms with Crippen LogP contribution >= 0.6 is 0 Å². The summed E-state index contributed by atoms with van der Waals surface area (Å²) >= 11 is 0. The third-order valence-corrected chi connectivity index (χ3v) is 4.09. The van der Waals surface area contributed by atoms with Gasteiger partial charge in [-0.15, -0.1) is 0 Å². The number of carbonyl (C=O) groups is 2. The van der Waals surface area contributed by atoms with Crippen molar-refractivity contribution in [3.8, 4) is 5.88 Å². The third-order valence-electron chi connectivity index (χ3n) is 4.09. The maximum atomic E-state index is 12.4. The summed E-state index contributed by atoms with van der Waals surface area (Å²) in [6.45, 7) is 5.36. The van der Waals surface area contributed by atoms with Gasteiger partial charge in [-0.3, -0.25) is 4.90 Å². The second-order valence-electron chi connectivity index (χ2n) is 7.30. The molecule has 2 heterocycles. The Labute approximate surface area is 151 Å². The SMILES string of the molecule is CC(C)(C)OC(=O)N1C[C@H](Oc2nccc3ccccc23)C[C@H]1C(=O)O. The fraction of sp³-hybridized carbons (Fsp3) is 0.421. The Kier molecular flexibility index (Phi) is 4.71. The molecule has 1 aliphatic rings. The number of rotatable bonds is 3. The summed E-state index contributed by atoms with van der Waals surface area (Å²) in [7, 11) is 0. The lowest BCUT2D eigenvalue weighted by Crippen LogP contribution is -2.43. The molecule has 0 saturated carbocycles. The lowest BCUT2D eigenvalue weighted by molar-refractivity contribution is -0.142. The van der Waals surface area contributed by atoms with E-state index in [1.54, 1.807) is 27.0 Å². The first-order valence-electron chi connectivity index (χ1n) is 8.47. The quantitative estimate of drug-likeness (QED) is 0.907. The molecule has 1 N–H and O–H groups in total. The molecule has 138 valence electrons. The van der Waals surface area contributed by atoms with Gasteiger partial charge >= 0.3 is 12.1 Å². The lowest BCUT2D eigenvalue weighted by Gasteiger charge is -2.26. The summed E-state index contributed by atoms with van der Waals surface area (Å²) in [5, 5.41) is 11.3. The molecule has 0 bridgehead atoms. The van der Waals surface area contributed by atoms with E-state index in [1.165, 1.54) is 4.90 Å². The number of nitrogens with zero attached hydrogens (tertiary/aromatic N) is 2. The molecular weight excluding hydrogens is 336 g/mol. The molecule has 1 aromatic heterocycles. The number of likely N-dealkylation sites (tertiary alicyclic amines) is 1. The van der Waals surface area contributed by atoms with Crippen molar-refractivity contribution in [2.45, 2.75) is 44.9 Å². The number of carbonyl (C=O) groups excluding carboxylic acids is 1. The zero-order valence-corrected chi connectivity index (χ0v) is 15.0. The van der Waals surface area contributed by atoms with Crippen LogP contribution in [0.1, 0.15) is 27.2 Å². The van der Waals surface area contributed by atoms with Crippen LogP contribution in [-0.2, 0) is 9.53 Å². The van der Waals surface area contributed by atoms with E-state index in [9.17, 15) is 14.7 Å². The largest absolute Gasteiger partial charge is 0.480 e. The van der Waals surface area contributed by atoms with Crippen LogP contribution in [0.25, 0.3) is 10.8 Å². The van der Waals surface area contributed by atoms with Gasteiger partial charge in [0.25, 0.3) is 0 Å². The number of pyridine rings is 1. The highest BCUT2D eigenvalue weighted by atomic mass is 16.6. The molecule has 1 amide bonds. The highest BCUT2D eigenvalue weighted by Gasteiger charge is 2.42. The minimum atomic E-state index is -1.08. The summed E-state index contributed by atoms with van der Waals surface area (Å²) in [6.07, 6.45) is 0.704. The Morgan fingerprint density at radius 3 is 2.65 bits per heavy atom. The second-order valence-corrected chi connectivity index (χ2v) is 7.30. The van der Waals surface area contributed by atoms with Gasteiger partial charge in [0.1, 0.15) is 17.7 Å². The Balaban J connectivity index is 1.79. The molecule has 7 nitrogen and oxygen atoms in total. The maximum absolute atomic E-state index is 12.4. The second kappa shape index (κ2) is 6.82. The van der Waals surface area contributed by atoms with Crippen molar-refractivity contribution in [3.05, 3.63) is 36.5 Å². The number of ether oxygens (including phenoxy) is 2. The highest BCUT2D eigenvalue weighted by Crippen LogP contribution is 2.28. The van der Waals surface area contributed by atoms with Gasteiger partial charge in [-0.25, -0.2) is 14.6 Å². The Hall–Kier alpha value is -2.83.